The van der Waals surface area contributed by atoms with Crippen molar-refractivity contribution in [1.29, 1.82) is 0 Å². The van der Waals surface area contributed by atoms with Crippen LogP contribution in [0.3, 0.4) is 0 Å². The number of nitrogens with zero attached hydrogens (tertiary/aromatic N) is 2. The molecule has 3 nitrogen and oxygen atoms in total. The highest BCUT2D eigenvalue weighted by Gasteiger charge is 2.01. The van der Waals surface area contributed by atoms with E-state index < -0.39 is 0 Å². The van der Waals surface area contributed by atoms with Crippen molar-refractivity contribution in [3.63, 3.8) is 0 Å². The average molecular weight is 218 g/mol. The van der Waals surface area contributed by atoms with Crippen LogP contribution in [0.5, 0.6) is 0 Å². The van der Waals surface area contributed by atoms with Crippen LogP contribution in [0.2, 0.25) is 0 Å². The summed E-state index contributed by atoms with van der Waals surface area (Å²) in [7, 11) is 7.78. The molecule has 0 aliphatic rings. The zero-order valence-corrected chi connectivity index (χ0v) is 10.3. The molecule has 0 N–H and O–H groups in total. The first-order valence-corrected chi connectivity index (χ1v) is 5.16. The van der Waals surface area contributed by atoms with E-state index in [1.54, 1.807) is 0 Å². The number of rotatable bonds is 4. The molecule has 0 aliphatic carbocycles. The first-order valence-electron chi connectivity index (χ1n) is 5.16. The quantitative estimate of drug-likeness (QED) is 0.569. The van der Waals surface area contributed by atoms with E-state index in [0.717, 1.165) is 17.5 Å². The summed E-state index contributed by atoms with van der Waals surface area (Å²) >= 11 is 0. The number of anilines is 1. The van der Waals surface area contributed by atoms with E-state index in [9.17, 15) is 4.79 Å². The largest absolute Gasteiger partial charge is 0.383 e. The van der Waals surface area contributed by atoms with Gasteiger partial charge in [0, 0.05) is 45.7 Å². The third-order valence-corrected chi connectivity index (χ3v) is 2.24. The van der Waals surface area contributed by atoms with Crippen molar-refractivity contribution < 1.29 is 4.79 Å². The van der Waals surface area contributed by atoms with Crippen molar-refractivity contribution in [2.24, 2.45) is 0 Å². The number of benzene rings is 1. The molecule has 0 bridgehead atoms. The maximum Gasteiger partial charge on any atom is 0.152 e. The van der Waals surface area contributed by atoms with E-state index in [1.165, 1.54) is 0 Å². The molecule has 0 saturated heterocycles. The molecule has 0 fully saturated rings. The lowest BCUT2D eigenvalue weighted by Gasteiger charge is -2.13. The van der Waals surface area contributed by atoms with Gasteiger partial charge in [0.05, 0.1) is 0 Å². The molecule has 0 amide bonds. The molecule has 0 unspecified atom stereocenters. The van der Waals surface area contributed by atoms with Gasteiger partial charge in [-0.25, -0.2) is 0 Å². The Morgan fingerprint density at radius 1 is 1.06 bits per heavy atom. The van der Waals surface area contributed by atoms with Crippen LogP contribution < -0.4 is 4.90 Å². The molecule has 0 heterocycles. The average Bonchev–Trinajstić information content (AvgIpc) is 2.25. The van der Waals surface area contributed by atoms with Crippen molar-refractivity contribution >= 4 is 17.5 Å². The molecule has 0 aliphatic heterocycles. The molecular formula is C13H18N2O. The van der Waals surface area contributed by atoms with Gasteiger partial charge < -0.3 is 9.80 Å². The first kappa shape index (κ1) is 12.3. The smallest absolute Gasteiger partial charge is 0.152 e. The number of allylic oxidation sites excluding steroid dienone is 1. The molecule has 0 saturated carbocycles. The lowest BCUT2D eigenvalue weighted by Crippen LogP contribution is -2.08. The second kappa shape index (κ2) is 5.35. The fraction of sp³-hybridized carbons (Fsp3) is 0.308. The molecule has 16 heavy (non-hydrogen) atoms. The maximum absolute atomic E-state index is 11.0. The minimum Gasteiger partial charge on any atom is -0.383 e. The standard InChI is InChI=1S/C13H18N2O/c1-14(2)9-12(10-16)11-5-7-13(8-6-11)15(3)4/h5-10H,1-4H3/b12-9-. The van der Waals surface area contributed by atoms with Gasteiger partial charge in [-0.05, 0) is 17.7 Å². The predicted molar refractivity (Wildman–Crippen MR) is 68.5 cm³/mol. The summed E-state index contributed by atoms with van der Waals surface area (Å²) in [6, 6.07) is 7.92. The molecule has 0 aromatic heterocycles. The molecule has 1 aromatic rings. The highest BCUT2D eigenvalue weighted by Crippen LogP contribution is 2.17. The van der Waals surface area contributed by atoms with Crippen molar-refractivity contribution in [2.45, 2.75) is 0 Å². The van der Waals surface area contributed by atoms with Gasteiger partial charge in [-0.1, -0.05) is 12.1 Å². The third kappa shape index (κ3) is 3.12. The molecule has 1 aromatic carbocycles. The van der Waals surface area contributed by atoms with Crippen molar-refractivity contribution in [3.8, 4) is 0 Å². The van der Waals surface area contributed by atoms with Gasteiger partial charge in [-0.2, -0.15) is 0 Å². The number of carbonyl (C=O) groups is 1. The van der Waals surface area contributed by atoms with Crippen LogP contribution in [-0.4, -0.2) is 39.4 Å². The van der Waals surface area contributed by atoms with Gasteiger partial charge in [-0.3, -0.25) is 4.79 Å². The second-order valence-corrected chi connectivity index (χ2v) is 4.11. The monoisotopic (exact) mass is 218 g/mol. The Morgan fingerprint density at radius 2 is 1.62 bits per heavy atom. The SMILES string of the molecule is CN(C)/C=C(/C=O)c1ccc(N(C)C)cc1. The van der Waals surface area contributed by atoms with Gasteiger partial charge in [-0.15, -0.1) is 0 Å². The highest BCUT2D eigenvalue weighted by molar-refractivity contribution is 6.06. The summed E-state index contributed by atoms with van der Waals surface area (Å²) in [5, 5.41) is 0. The fourth-order valence-electron chi connectivity index (χ4n) is 1.40. The Balaban J connectivity index is 3.00. The predicted octanol–water partition coefficient (Wildman–Crippen LogP) is 1.85. The van der Waals surface area contributed by atoms with Crippen LogP contribution >= 0.6 is 0 Å². The topological polar surface area (TPSA) is 23.6 Å². The molecule has 3 heteroatoms. The second-order valence-electron chi connectivity index (χ2n) is 4.11. The Morgan fingerprint density at radius 3 is 2.00 bits per heavy atom. The Kier molecular flexibility index (Phi) is 4.11. The molecule has 0 atom stereocenters. The minimum absolute atomic E-state index is 0.690. The summed E-state index contributed by atoms with van der Waals surface area (Å²) in [6.45, 7) is 0. The van der Waals surface area contributed by atoms with Gasteiger partial charge in [0.25, 0.3) is 0 Å². The van der Waals surface area contributed by atoms with Crippen LogP contribution in [0.15, 0.2) is 30.5 Å². The minimum atomic E-state index is 0.690. The Hall–Kier alpha value is -1.77. The lowest BCUT2D eigenvalue weighted by molar-refractivity contribution is -0.103. The van der Waals surface area contributed by atoms with Crippen LogP contribution in [0.4, 0.5) is 5.69 Å². The van der Waals surface area contributed by atoms with E-state index >= 15 is 0 Å². The zero-order valence-electron chi connectivity index (χ0n) is 10.3. The summed E-state index contributed by atoms with van der Waals surface area (Å²) in [5.41, 5.74) is 2.75. The van der Waals surface area contributed by atoms with E-state index in [1.807, 2.05) is 68.5 Å². The van der Waals surface area contributed by atoms with Crippen molar-refractivity contribution in [3.05, 3.63) is 36.0 Å². The van der Waals surface area contributed by atoms with E-state index in [2.05, 4.69) is 0 Å². The van der Waals surface area contributed by atoms with Gasteiger partial charge in [0.2, 0.25) is 0 Å². The number of hydrogen-bond donors (Lipinski definition) is 0. The summed E-state index contributed by atoms with van der Waals surface area (Å²) in [4.78, 5) is 14.8. The summed E-state index contributed by atoms with van der Waals surface area (Å²) in [5.74, 6) is 0. The van der Waals surface area contributed by atoms with E-state index in [-0.39, 0.29) is 0 Å². The van der Waals surface area contributed by atoms with Crippen LogP contribution in [0.1, 0.15) is 5.56 Å². The van der Waals surface area contributed by atoms with Crippen LogP contribution in [0.25, 0.3) is 5.57 Å². The number of aldehydes is 1. The normalized spacial score (nSPS) is 11.1. The Bertz CT molecular complexity index is 377. The maximum atomic E-state index is 11.0. The van der Waals surface area contributed by atoms with Crippen LogP contribution in [0, 0.1) is 0 Å². The molecule has 1 rings (SSSR count). The van der Waals surface area contributed by atoms with Crippen molar-refractivity contribution in [1.82, 2.24) is 4.90 Å². The van der Waals surface area contributed by atoms with Crippen molar-refractivity contribution in [2.75, 3.05) is 33.1 Å². The van der Waals surface area contributed by atoms with Gasteiger partial charge in [0.1, 0.15) is 0 Å². The van der Waals surface area contributed by atoms with E-state index in [4.69, 9.17) is 0 Å². The fourth-order valence-corrected chi connectivity index (χ4v) is 1.40. The highest BCUT2D eigenvalue weighted by atomic mass is 16.1. The third-order valence-electron chi connectivity index (χ3n) is 2.24. The molecule has 0 spiro atoms. The van der Waals surface area contributed by atoms with Gasteiger partial charge >= 0.3 is 0 Å². The Labute approximate surface area is 97.0 Å². The molecule has 0 radical (unpaired) electrons. The summed E-state index contributed by atoms with van der Waals surface area (Å²) in [6.07, 6.45) is 2.70. The molecular weight excluding hydrogens is 200 g/mol. The lowest BCUT2D eigenvalue weighted by atomic mass is 10.1. The zero-order chi connectivity index (χ0) is 12.1. The van der Waals surface area contributed by atoms with Crippen LogP contribution in [-0.2, 0) is 4.79 Å². The number of hydrogen-bond acceptors (Lipinski definition) is 3. The summed E-state index contributed by atoms with van der Waals surface area (Å²) < 4.78 is 0. The van der Waals surface area contributed by atoms with Gasteiger partial charge in [0.15, 0.2) is 6.29 Å². The number of carbonyl (C=O) groups excluding carboxylic acids is 1. The molecule has 86 valence electrons. The van der Waals surface area contributed by atoms with E-state index in [0.29, 0.717) is 5.57 Å². The first-order chi connectivity index (χ1) is 7.54.